The molecule has 0 saturated heterocycles. The molecule has 5 heteroatoms. The van der Waals surface area contributed by atoms with Gasteiger partial charge in [-0.1, -0.05) is 17.8 Å². The van der Waals surface area contributed by atoms with Crippen LogP contribution in [0.1, 0.15) is 11.3 Å². The number of pyridine rings is 1. The molecule has 0 aliphatic heterocycles. The average molecular weight is 220 g/mol. The number of nitrogens with two attached hydrogens (primary N) is 1. The van der Waals surface area contributed by atoms with Crippen LogP contribution in [0.5, 0.6) is 0 Å². The van der Waals surface area contributed by atoms with Gasteiger partial charge in [-0.15, -0.1) is 0 Å². The number of thioether (sulfide) groups is 1. The molecule has 0 aliphatic rings. The summed E-state index contributed by atoms with van der Waals surface area (Å²) in [5, 5.41) is 7.28. The molecule has 0 unspecified atom stereocenters. The van der Waals surface area contributed by atoms with Crippen molar-refractivity contribution in [1.82, 2.24) is 9.38 Å². The second-order valence-electron chi connectivity index (χ2n) is 3.34. The zero-order valence-corrected chi connectivity index (χ0v) is 9.21. The van der Waals surface area contributed by atoms with Crippen LogP contribution in [0, 0.1) is 12.3 Å². The number of nitrogens with one attached hydrogen (secondary N) is 1. The molecular formula is C10H12N4S. The monoisotopic (exact) mass is 220 g/mol. The summed E-state index contributed by atoms with van der Waals surface area (Å²) in [5.74, 6) is 0.725. The van der Waals surface area contributed by atoms with Gasteiger partial charge in [0.05, 0.1) is 5.69 Å². The van der Waals surface area contributed by atoms with E-state index < -0.39 is 0 Å². The third-order valence-electron chi connectivity index (χ3n) is 2.03. The Hall–Kier alpha value is -1.49. The Kier molecular flexibility index (Phi) is 2.64. The van der Waals surface area contributed by atoms with E-state index in [1.807, 2.05) is 35.9 Å². The van der Waals surface area contributed by atoms with Gasteiger partial charge in [0, 0.05) is 18.1 Å². The van der Waals surface area contributed by atoms with E-state index in [4.69, 9.17) is 11.1 Å². The normalized spacial score (nSPS) is 10.7. The Morgan fingerprint density at radius 3 is 3.07 bits per heavy atom. The van der Waals surface area contributed by atoms with Gasteiger partial charge in [-0.25, -0.2) is 4.98 Å². The van der Waals surface area contributed by atoms with Crippen LogP contribution in [0.2, 0.25) is 0 Å². The lowest BCUT2D eigenvalue weighted by Gasteiger charge is -2.00. The van der Waals surface area contributed by atoms with Crippen LogP contribution in [-0.4, -0.2) is 14.6 Å². The summed E-state index contributed by atoms with van der Waals surface area (Å²) in [6.07, 6.45) is 4.00. The van der Waals surface area contributed by atoms with Crippen LogP contribution in [0.15, 0.2) is 24.5 Å². The number of fused-ring (bicyclic) bond motifs is 1. The van der Waals surface area contributed by atoms with Crippen molar-refractivity contribution in [3.05, 3.63) is 35.8 Å². The first kappa shape index (κ1) is 10.0. The molecule has 0 saturated carbocycles. The van der Waals surface area contributed by atoms with Crippen molar-refractivity contribution in [2.45, 2.75) is 12.7 Å². The molecule has 4 nitrogen and oxygen atoms in total. The first-order chi connectivity index (χ1) is 7.15. The number of aromatic nitrogens is 2. The van der Waals surface area contributed by atoms with Crippen LogP contribution in [0.4, 0.5) is 0 Å². The number of rotatable bonds is 2. The molecule has 78 valence electrons. The molecule has 2 aromatic heterocycles. The molecule has 0 radical (unpaired) electrons. The maximum Gasteiger partial charge on any atom is 0.151 e. The second-order valence-corrected chi connectivity index (χ2v) is 4.36. The minimum absolute atomic E-state index is 0.150. The highest BCUT2D eigenvalue weighted by molar-refractivity contribution is 8.13. The zero-order valence-electron chi connectivity index (χ0n) is 8.40. The summed E-state index contributed by atoms with van der Waals surface area (Å²) in [4.78, 5) is 4.34. The largest absolute Gasteiger partial charge is 0.379 e. The van der Waals surface area contributed by atoms with Crippen molar-refractivity contribution in [3.8, 4) is 0 Å². The van der Waals surface area contributed by atoms with E-state index in [1.165, 1.54) is 11.8 Å². The maximum absolute atomic E-state index is 7.13. The van der Waals surface area contributed by atoms with Gasteiger partial charge < -0.3 is 10.1 Å². The van der Waals surface area contributed by atoms with E-state index in [0.717, 1.165) is 22.7 Å². The molecule has 2 aromatic rings. The van der Waals surface area contributed by atoms with Gasteiger partial charge in [0.2, 0.25) is 0 Å². The van der Waals surface area contributed by atoms with Gasteiger partial charge in [-0.2, -0.15) is 0 Å². The van der Waals surface area contributed by atoms with E-state index >= 15 is 0 Å². The molecule has 0 aliphatic carbocycles. The van der Waals surface area contributed by atoms with Crippen molar-refractivity contribution in [3.63, 3.8) is 0 Å². The molecule has 2 rings (SSSR count). The zero-order chi connectivity index (χ0) is 10.8. The lowest BCUT2D eigenvalue weighted by molar-refractivity contribution is 1.15. The first-order valence-corrected chi connectivity index (χ1v) is 5.55. The van der Waals surface area contributed by atoms with Crippen molar-refractivity contribution < 1.29 is 0 Å². The third kappa shape index (κ3) is 2.30. The minimum Gasteiger partial charge on any atom is -0.379 e. The van der Waals surface area contributed by atoms with Crippen molar-refractivity contribution >= 4 is 22.6 Å². The van der Waals surface area contributed by atoms with E-state index in [1.54, 1.807) is 0 Å². The molecule has 15 heavy (non-hydrogen) atoms. The molecule has 0 spiro atoms. The lowest BCUT2D eigenvalue weighted by Crippen LogP contribution is -2.03. The Morgan fingerprint density at radius 1 is 1.53 bits per heavy atom. The Bertz CT molecular complexity index is 503. The molecule has 0 atom stereocenters. The predicted molar refractivity (Wildman–Crippen MR) is 63.1 cm³/mol. The Morgan fingerprint density at radius 2 is 2.33 bits per heavy atom. The van der Waals surface area contributed by atoms with Crippen LogP contribution in [0.3, 0.4) is 0 Å². The molecule has 0 fully saturated rings. The summed E-state index contributed by atoms with van der Waals surface area (Å²) < 4.78 is 1.99. The SMILES string of the molecule is Cc1cn2cc(CSC(=N)N)ccc2n1. The third-order valence-corrected chi connectivity index (χ3v) is 2.82. The molecule has 2 heterocycles. The quantitative estimate of drug-likeness (QED) is 0.598. The van der Waals surface area contributed by atoms with Gasteiger partial charge >= 0.3 is 0 Å². The van der Waals surface area contributed by atoms with Crippen LogP contribution >= 0.6 is 11.8 Å². The summed E-state index contributed by atoms with van der Waals surface area (Å²) in [5.41, 5.74) is 8.38. The number of hydrogen-bond donors (Lipinski definition) is 2. The van der Waals surface area contributed by atoms with Gasteiger partial charge in [0.25, 0.3) is 0 Å². The predicted octanol–water partition coefficient (Wildman–Crippen LogP) is 1.77. The van der Waals surface area contributed by atoms with Crippen molar-refractivity contribution in [2.75, 3.05) is 0 Å². The van der Waals surface area contributed by atoms with Crippen molar-refractivity contribution in [1.29, 1.82) is 5.41 Å². The second kappa shape index (κ2) is 3.94. The standard InChI is InChI=1S/C10H12N4S/c1-7-4-14-5-8(6-15-10(11)12)2-3-9(14)13-7/h2-5H,6H2,1H3,(H3,11,12). The molecule has 3 N–H and O–H groups in total. The number of hydrogen-bond acceptors (Lipinski definition) is 3. The Balaban J connectivity index is 2.26. The number of aryl methyl sites for hydroxylation is 1. The highest BCUT2D eigenvalue weighted by atomic mass is 32.2. The fourth-order valence-electron chi connectivity index (χ4n) is 1.41. The van der Waals surface area contributed by atoms with Crippen molar-refractivity contribution in [2.24, 2.45) is 5.73 Å². The van der Waals surface area contributed by atoms with E-state index in [9.17, 15) is 0 Å². The van der Waals surface area contributed by atoms with Gasteiger partial charge in [0.1, 0.15) is 5.65 Å². The average Bonchev–Trinajstić information content (AvgIpc) is 2.53. The molecule has 0 aromatic carbocycles. The number of amidine groups is 1. The fourth-order valence-corrected chi connectivity index (χ4v) is 1.90. The highest BCUT2D eigenvalue weighted by Gasteiger charge is 2.00. The smallest absolute Gasteiger partial charge is 0.151 e. The highest BCUT2D eigenvalue weighted by Crippen LogP contribution is 2.13. The molecular weight excluding hydrogens is 208 g/mol. The van der Waals surface area contributed by atoms with E-state index in [-0.39, 0.29) is 5.17 Å². The number of nitrogens with zero attached hydrogens (tertiary/aromatic N) is 2. The van der Waals surface area contributed by atoms with Crippen LogP contribution in [0.25, 0.3) is 5.65 Å². The topological polar surface area (TPSA) is 67.2 Å². The summed E-state index contributed by atoms with van der Waals surface area (Å²) >= 11 is 1.33. The van der Waals surface area contributed by atoms with Crippen LogP contribution < -0.4 is 5.73 Å². The van der Waals surface area contributed by atoms with Gasteiger partial charge in [0.15, 0.2) is 5.17 Å². The minimum atomic E-state index is 0.150. The fraction of sp³-hybridized carbons (Fsp3) is 0.200. The maximum atomic E-state index is 7.13. The summed E-state index contributed by atoms with van der Waals surface area (Å²) in [6, 6.07) is 3.99. The first-order valence-electron chi connectivity index (χ1n) is 4.56. The number of imidazole rings is 1. The lowest BCUT2D eigenvalue weighted by atomic mass is 10.3. The van der Waals surface area contributed by atoms with Gasteiger partial charge in [-0.3, -0.25) is 5.41 Å². The Labute approximate surface area is 92.0 Å². The molecule has 0 bridgehead atoms. The molecule has 0 amide bonds. The van der Waals surface area contributed by atoms with Crippen LogP contribution in [-0.2, 0) is 5.75 Å². The van der Waals surface area contributed by atoms with E-state index in [0.29, 0.717) is 0 Å². The van der Waals surface area contributed by atoms with Gasteiger partial charge in [-0.05, 0) is 18.6 Å². The van der Waals surface area contributed by atoms with E-state index in [2.05, 4.69) is 4.98 Å². The summed E-state index contributed by atoms with van der Waals surface area (Å²) in [7, 11) is 0. The summed E-state index contributed by atoms with van der Waals surface area (Å²) in [6.45, 7) is 1.97.